The van der Waals surface area contributed by atoms with Crippen LogP contribution in [-0.2, 0) is 0 Å². The van der Waals surface area contributed by atoms with Crippen LogP contribution in [0.3, 0.4) is 0 Å². The summed E-state index contributed by atoms with van der Waals surface area (Å²) in [5, 5.41) is 4.27. The summed E-state index contributed by atoms with van der Waals surface area (Å²) in [7, 11) is 0. The lowest BCUT2D eigenvalue weighted by Crippen LogP contribution is -2.50. The maximum Gasteiger partial charge on any atom is 0.254 e. The van der Waals surface area contributed by atoms with Crippen LogP contribution in [0.15, 0.2) is 22.7 Å². The molecule has 0 saturated carbocycles. The fourth-order valence-electron chi connectivity index (χ4n) is 3.64. The highest BCUT2D eigenvalue weighted by Crippen LogP contribution is 2.31. The van der Waals surface area contributed by atoms with Gasteiger partial charge in [-0.1, -0.05) is 11.6 Å². The quantitative estimate of drug-likeness (QED) is 0.875. The van der Waals surface area contributed by atoms with Gasteiger partial charge in [0.25, 0.3) is 5.91 Å². The van der Waals surface area contributed by atoms with Gasteiger partial charge in [0.05, 0.1) is 5.02 Å². The molecule has 114 valence electrons. The SMILES string of the molecule is CCN(C(=O)c1ccc(Cl)c(Br)c1)C1CC2CCC(C1)N2. The molecule has 2 heterocycles. The van der Waals surface area contributed by atoms with Crippen LogP contribution in [0.4, 0.5) is 0 Å². The van der Waals surface area contributed by atoms with E-state index in [1.165, 1.54) is 12.8 Å². The molecule has 2 unspecified atom stereocenters. The molecule has 1 amide bonds. The zero-order valence-electron chi connectivity index (χ0n) is 12.1. The molecule has 2 aliphatic rings. The Morgan fingerprint density at radius 3 is 2.62 bits per heavy atom. The van der Waals surface area contributed by atoms with Gasteiger partial charge in [0, 0.05) is 34.7 Å². The Morgan fingerprint density at radius 2 is 2.05 bits per heavy atom. The second kappa shape index (κ2) is 6.27. The number of amides is 1. The van der Waals surface area contributed by atoms with E-state index in [1.807, 2.05) is 17.0 Å². The Balaban J connectivity index is 1.79. The Hall–Kier alpha value is -0.580. The van der Waals surface area contributed by atoms with Crippen LogP contribution >= 0.6 is 27.5 Å². The fraction of sp³-hybridized carbons (Fsp3) is 0.562. The number of nitrogens with zero attached hydrogens (tertiary/aromatic N) is 1. The van der Waals surface area contributed by atoms with Crippen LogP contribution in [0.2, 0.25) is 5.02 Å². The molecule has 5 heteroatoms. The van der Waals surface area contributed by atoms with E-state index >= 15 is 0 Å². The van der Waals surface area contributed by atoms with Gasteiger partial charge in [-0.2, -0.15) is 0 Å². The van der Waals surface area contributed by atoms with Crippen molar-refractivity contribution in [1.29, 1.82) is 0 Å². The highest BCUT2D eigenvalue weighted by atomic mass is 79.9. The van der Waals surface area contributed by atoms with Crippen LogP contribution in [0.25, 0.3) is 0 Å². The standard InChI is InChI=1S/C16H20BrClN2O/c1-2-20(13-8-11-4-5-12(9-13)19-11)16(21)10-3-6-15(18)14(17)7-10/h3,6-7,11-13,19H,2,4-5,8-9H2,1H3. The first-order chi connectivity index (χ1) is 10.1. The van der Waals surface area contributed by atoms with Crippen LogP contribution in [0, 0.1) is 0 Å². The lowest BCUT2D eigenvalue weighted by atomic mass is 9.97. The predicted octanol–water partition coefficient (Wildman–Crippen LogP) is 3.85. The number of halogens is 2. The summed E-state index contributed by atoms with van der Waals surface area (Å²) >= 11 is 9.41. The Bertz CT molecular complexity index is 539. The van der Waals surface area contributed by atoms with Crippen molar-refractivity contribution in [3.05, 3.63) is 33.3 Å². The van der Waals surface area contributed by atoms with Gasteiger partial charge in [-0.3, -0.25) is 4.79 Å². The molecule has 1 aromatic carbocycles. The van der Waals surface area contributed by atoms with Crippen LogP contribution in [0.5, 0.6) is 0 Å². The lowest BCUT2D eigenvalue weighted by Gasteiger charge is -2.37. The molecule has 21 heavy (non-hydrogen) atoms. The van der Waals surface area contributed by atoms with E-state index in [4.69, 9.17) is 11.6 Å². The molecule has 1 aromatic rings. The van der Waals surface area contributed by atoms with Gasteiger partial charge in [-0.05, 0) is 66.7 Å². The number of carbonyl (C=O) groups excluding carboxylic acids is 1. The van der Waals surface area contributed by atoms with Crippen molar-refractivity contribution in [3.63, 3.8) is 0 Å². The number of fused-ring (bicyclic) bond motifs is 2. The van der Waals surface area contributed by atoms with Gasteiger partial charge in [-0.25, -0.2) is 0 Å². The zero-order chi connectivity index (χ0) is 15.0. The molecule has 0 aromatic heterocycles. The summed E-state index contributed by atoms with van der Waals surface area (Å²) in [6.07, 6.45) is 4.65. The Morgan fingerprint density at radius 1 is 1.38 bits per heavy atom. The average Bonchev–Trinajstić information content (AvgIpc) is 2.81. The van der Waals surface area contributed by atoms with Crippen molar-refractivity contribution in [3.8, 4) is 0 Å². The number of hydrogen-bond acceptors (Lipinski definition) is 2. The smallest absolute Gasteiger partial charge is 0.254 e. The van der Waals surface area contributed by atoms with Crippen molar-refractivity contribution in [2.45, 2.75) is 50.7 Å². The number of benzene rings is 1. The van der Waals surface area contributed by atoms with Crippen molar-refractivity contribution < 1.29 is 4.79 Å². The summed E-state index contributed by atoms with van der Waals surface area (Å²) in [5.41, 5.74) is 0.707. The molecule has 0 aliphatic carbocycles. The molecule has 2 fully saturated rings. The third kappa shape index (κ3) is 3.13. The third-order valence-corrected chi connectivity index (χ3v) is 5.87. The number of hydrogen-bond donors (Lipinski definition) is 1. The minimum Gasteiger partial charge on any atom is -0.336 e. The Labute approximate surface area is 139 Å². The first kappa shape index (κ1) is 15.3. The zero-order valence-corrected chi connectivity index (χ0v) is 14.5. The van der Waals surface area contributed by atoms with Gasteiger partial charge in [0.1, 0.15) is 0 Å². The fourth-order valence-corrected chi connectivity index (χ4v) is 4.14. The van der Waals surface area contributed by atoms with E-state index in [2.05, 4.69) is 28.2 Å². The first-order valence-corrected chi connectivity index (χ1v) is 8.77. The number of nitrogens with one attached hydrogen (secondary N) is 1. The van der Waals surface area contributed by atoms with Crippen molar-refractivity contribution in [2.75, 3.05) is 6.54 Å². The second-order valence-corrected chi connectivity index (χ2v) is 7.24. The largest absolute Gasteiger partial charge is 0.336 e. The maximum atomic E-state index is 12.8. The highest BCUT2D eigenvalue weighted by Gasteiger charge is 2.37. The topological polar surface area (TPSA) is 32.3 Å². The molecule has 0 radical (unpaired) electrons. The first-order valence-electron chi connectivity index (χ1n) is 7.60. The molecule has 3 rings (SSSR count). The van der Waals surface area contributed by atoms with E-state index in [-0.39, 0.29) is 5.91 Å². The van der Waals surface area contributed by atoms with Gasteiger partial charge in [0.2, 0.25) is 0 Å². The molecule has 3 nitrogen and oxygen atoms in total. The highest BCUT2D eigenvalue weighted by molar-refractivity contribution is 9.10. The number of piperidine rings is 1. The molecular weight excluding hydrogens is 352 g/mol. The van der Waals surface area contributed by atoms with E-state index in [9.17, 15) is 4.79 Å². The monoisotopic (exact) mass is 370 g/mol. The van der Waals surface area contributed by atoms with Crippen LogP contribution in [0.1, 0.15) is 43.0 Å². The molecule has 1 N–H and O–H groups in total. The molecule has 2 bridgehead atoms. The van der Waals surface area contributed by atoms with Gasteiger partial charge in [0.15, 0.2) is 0 Å². The summed E-state index contributed by atoms with van der Waals surface area (Å²) in [6, 6.07) is 6.95. The van der Waals surface area contributed by atoms with Crippen molar-refractivity contribution in [2.24, 2.45) is 0 Å². The average molecular weight is 372 g/mol. The van der Waals surface area contributed by atoms with Crippen molar-refractivity contribution in [1.82, 2.24) is 10.2 Å². The molecule has 2 atom stereocenters. The van der Waals surface area contributed by atoms with Crippen LogP contribution in [-0.4, -0.2) is 35.5 Å². The minimum atomic E-state index is 0.112. The third-order valence-electron chi connectivity index (χ3n) is 4.66. The van der Waals surface area contributed by atoms with Gasteiger partial charge in [-0.15, -0.1) is 0 Å². The lowest BCUT2D eigenvalue weighted by molar-refractivity contribution is 0.0631. The van der Waals surface area contributed by atoms with E-state index in [0.29, 0.717) is 28.7 Å². The summed E-state index contributed by atoms with van der Waals surface area (Å²) in [6.45, 7) is 2.82. The van der Waals surface area contributed by atoms with Crippen molar-refractivity contribution >= 4 is 33.4 Å². The van der Waals surface area contributed by atoms with E-state index < -0.39 is 0 Å². The maximum absolute atomic E-state index is 12.8. The van der Waals surface area contributed by atoms with Gasteiger partial charge >= 0.3 is 0 Å². The summed E-state index contributed by atoms with van der Waals surface area (Å²) < 4.78 is 0.774. The van der Waals surface area contributed by atoms with E-state index in [0.717, 1.165) is 23.9 Å². The predicted molar refractivity (Wildman–Crippen MR) is 88.8 cm³/mol. The molecule has 2 aliphatic heterocycles. The van der Waals surface area contributed by atoms with Crippen LogP contribution < -0.4 is 5.32 Å². The normalized spacial score (nSPS) is 27.7. The minimum absolute atomic E-state index is 0.112. The van der Waals surface area contributed by atoms with E-state index in [1.54, 1.807) is 6.07 Å². The molecular formula is C16H20BrClN2O. The Kier molecular flexibility index (Phi) is 4.57. The second-order valence-electron chi connectivity index (χ2n) is 5.98. The summed E-state index contributed by atoms with van der Waals surface area (Å²) in [5.74, 6) is 0.112. The molecule has 2 saturated heterocycles. The van der Waals surface area contributed by atoms with Gasteiger partial charge < -0.3 is 10.2 Å². The number of carbonyl (C=O) groups is 1. The number of rotatable bonds is 3. The molecule has 0 spiro atoms. The summed E-state index contributed by atoms with van der Waals surface area (Å²) in [4.78, 5) is 14.8.